The third-order valence-corrected chi connectivity index (χ3v) is 6.21. The molecule has 0 atom stereocenters. The molecule has 3 aromatic heterocycles. The molecule has 1 amide bonds. The molecule has 0 aliphatic heterocycles. The fourth-order valence-electron chi connectivity index (χ4n) is 4.23. The zero-order valence-corrected chi connectivity index (χ0v) is 21.8. The van der Waals surface area contributed by atoms with Crippen LogP contribution in [0.25, 0.3) is 22.0 Å². The maximum Gasteiger partial charge on any atom is 0.255 e. The summed E-state index contributed by atoms with van der Waals surface area (Å²) in [5.74, 6) is 1.19. The van der Waals surface area contributed by atoms with Crippen LogP contribution in [0.3, 0.4) is 0 Å². The molecule has 0 unspecified atom stereocenters. The number of hydrogen-bond donors (Lipinski definition) is 2. The lowest BCUT2D eigenvalue weighted by molar-refractivity contribution is -0.115. The minimum atomic E-state index is -0.156. The van der Waals surface area contributed by atoms with Gasteiger partial charge in [0.1, 0.15) is 11.5 Å². The third kappa shape index (κ3) is 5.34. The second kappa shape index (κ2) is 9.97. The Bertz CT molecular complexity index is 1690. The summed E-state index contributed by atoms with van der Waals surface area (Å²) >= 11 is 0. The van der Waals surface area contributed by atoms with E-state index in [4.69, 9.17) is 4.74 Å². The molecule has 0 aliphatic rings. The highest BCUT2D eigenvalue weighted by Crippen LogP contribution is 2.33. The van der Waals surface area contributed by atoms with Gasteiger partial charge in [-0.2, -0.15) is 5.10 Å². The number of carbonyl (C=O) groups excluding carboxylic acids is 1. The summed E-state index contributed by atoms with van der Waals surface area (Å²) in [7, 11) is 0. The van der Waals surface area contributed by atoms with Crippen LogP contribution in [0.15, 0.2) is 84.2 Å². The number of aromatic amines is 1. The van der Waals surface area contributed by atoms with Crippen molar-refractivity contribution in [2.24, 2.45) is 0 Å². The normalized spacial score (nSPS) is 11.5. The number of aromatic nitrogens is 4. The number of fused-ring (bicyclic) bond motifs is 1. The van der Waals surface area contributed by atoms with E-state index in [2.05, 4.69) is 41.2 Å². The molecule has 5 aromatic rings. The molecule has 38 heavy (non-hydrogen) atoms. The van der Waals surface area contributed by atoms with E-state index in [1.54, 1.807) is 36.8 Å². The van der Waals surface area contributed by atoms with E-state index in [1.165, 1.54) is 0 Å². The van der Waals surface area contributed by atoms with Crippen LogP contribution in [0.4, 0.5) is 5.69 Å². The molecule has 3 heterocycles. The first-order chi connectivity index (χ1) is 18.2. The van der Waals surface area contributed by atoms with Crippen LogP contribution in [-0.2, 0) is 16.8 Å². The van der Waals surface area contributed by atoms with E-state index < -0.39 is 0 Å². The van der Waals surface area contributed by atoms with Crippen LogP contribution in [-0.4, -0.2) is 25.7 Å². The van der Waals surface area contributed by atoms with E-state index in [1.807, 2.05) is 54.2 Å². The Balaban J connectivity index is 1.34. The zero-order chi connectivity index (χ0) is 26.9. The van der Waals surface area contributed by atoms with Crippen LogP contribution in [0.1, 0.15) is 31.9 Å². The van der Waals surface area contributed by atoms with Crippen molar-refractivity contribution in [1.82, 2.24) is 19.7 Å². The average Bonchev–Trinajstić information content (AvgIpc) is 3.35. The molecule has 2 aromatic carbocycles. The number of ether oxygens (including phenoxy) is 1. The molecule has 8 nitrogen and oxygen atoms in total. The van der Waals surface area contributed by atoms with Crippen molar-refractivity contribution in [2.75, 3.05) is 5.32 Å². The van der Waals surface area contributed by atoms with Crippen molar-refractivity contribution >= 4 is 22.5 Å². The second-order valence-electron chi connectivity index (χ2n) is 10.2. The summed E-state index contributed by atoms with van der Waals surface area (Å²) in [5.41, 5.74) is 4.25. The number of amides is 1. The predicted molar refractivity (Wildman–Crippen MR) is 149 cm³/mol. The molecule has 0 aliphatic carbocycles. The number of benzene rings is 2. The van der Waals surface area contributed by atoms with Gasteiger partial charge in [0.2, 0.25) is 5.91 Å². The Labute approximate surface area is 220 Å². The van der Waals surface area contributed by atoms with E-state index >= 15 is 0 Å². The smallest absolute Gasteiger partial charge is 0.255 e. The van der Waals surface area contributed by atoms with Gasteiger partial charge in [-0.25, -0.2) is 0 Å². The number of aryl methyl sites for hydroxylation is 1. The lowest BCUT2D eigenvalue weighted by Crippen LogP contribution is -2.22. The van der Waals surface area contributed by atoms with Crippen LogP contribution < -0.4 is 15.6 Å². The van der Waals surface area contributed by atoms with Gasteiger partial charge in [-0.3, -0.25) is 19.3 Å². The van der Waals surface area contributed by atoms with Crippen molar-refractivity contribution in [2.45, 2.75) is 39.7 Å². The van der Waals surface area contributed by atoms with E-state index in [9.17, 15) is 9.59 Å². The second-order valence-corrected chi connectivity index (χ2v) is 10.2. The first kappa shape index (κ1) is 25.0. The van der Waals surface area contributed by atoms with Gasteiger partial charge >= 0.3 is 0 Å². The SMILES string of the molecule is Cc1cc(CC(=O)Nc2cnn(C(C)(C)C)c2)ccc1Oc1ccnc2ccc(-c3ccc[nH]c3=O)cc12. The lowest BCUT2D eigenvalue weighted by atomic mass is 10.0. The van der Waals surface area contributed by atoms with E-state index in [0.717, 1.165) is 27.6 Å². The Hall–Kier alpha value is -4.72. The first-order valence-corrected chi connectivity index (χ1v) is 12.4. The van der Waals surface area contributed by atoms with Gasteiger partial charge in [-0.05, 0) is 80.8 Å². The van der Waals surface area contributed by atoms with Crippen molar-refractivity contribution < 1.29 is 9.53 Å². The maximum absolute atomic E-state index is 12.6. The maximum atomic E-state index is 12.6. The molecule has 0 spiro atoms. The zero-order valence-electron chi connectivity index (χ0n) is 21.8. The predicted octanol–water partition coefficient (Wildman–Crippen LogP) is 5.82. The Morgan fingerprint density at radius 3 is 2.66 bits per heavy atom. The van der Waals surface area contributed by atoms with Gasteiger partial charge in [-0.1, -0.05) is 18.2 Å². The highest BCUT2D eigenvalue weighted by atomic mass is 16.5. The number of rotatable bonds is 6. The number of nitrogens with one attached hydrogen (secondary N) is 2. The lowest BCUT2D eigenvalue weighted by Gasteiger charge is -2.18. The molecule has 2 N–H and O–H groups in total. The average molecular weight is 508 g/mol. The topological polar surface area (TPSA) is 102 Å². The summed E-state index contributed by atoms with van der Waals surface area (Å²) < 4.78 is 8.12. The van der Waals surface area contributed by atoms with E-state index in [0.29, 0.717) is 22.7 Å². The van der Waals surface area contributed by atoms with Gasteiger partial charge in [0.15, 0.2) is 0 Å². The molecule has 5 rings (SSSR count). The Morgan fingerprint density at radius 2 is 1.92 bits per heavy atom. The highest BCUT2D eigenvalue weighted by Gasteiger charge is 2.15. The van der Waals surface area contributed by atoms with Crippen molar-refractivity contribution in [3.63, 3.8) is 0 Å². The summed E-state index contributed by atoms with van der Waals surface area (Å²) in [5, 5.41) is 8.04. The van der Waals surface area contributed by atoms with Gasteiger partial charge in [-0.15, -0.1) is 0 Å². The molecule has 192 valence electrons. The van der Waals surface area contributed by atoms with Gasteiger partial charge in [0, 0.05) is 29.5 Å². The van der Waals surface area contributed by atoms with Crippen molar-refractivity contribution in [3.05, 3.63) is 101 Å². The van der Waals surface area contributed by atoms with Gasteiger partial charge in [0.05, 0.1) is 29.4 Å². The Morgan fingerprint density at radius 1 is 1.08 bits per heavy atom. The fourth-order valence-corrected chi connectivity index (χ4v) is 4.23. The van der Waals surface area contributed by atoms with Gasteiger partial charge < -0.3 is 15.0 Å². The summed E-state index contributed by atoms with van der Waals surface area (Å²) in [6.45, 7) is 8.10. The van der Waals surface area contributed by atoms with Gasteiger partial charge in [0.25, 0.3) is 5.56 Å². The first-order valence-electron chi connectivity index (χ1n) is 12.4. The van der Waals surface area contributed by atoms with Crippen LogP contribution in [0.2, 0.25) is 0 Å². The largest absolute Gasteiger partial charge is 0.456 e. The third-order valence-electron chi connectivity index (χ3n) is 6.21. The summed E-state index contributed by atoms with van der Waals surface area (Å²) in [6, 6.07) is 16.8. The molecule has 0 radical (unpaired) electrons. The van der Waals surface area contributed by atoms with Crippen molar-refractivity contribution in [1.29, 1.82) is 0 Å². The fraction of sp³-hybridized carbons (Fsp3) is 0.200. The summed E-state index contributed by atoms with van der Waals surface area (Å²) in [4.78, 5) is 32.1. The summed E-state index contributed by atoms with van der Waals surface area (Å²) in [6.07, 6.45) is 7.03. The molecule has 8 heteroatoms. The molecule has 0 bridgehead atoms. The number of anilines is 1. The quantitative estimate of drug-likeness (QED) is 0.301. The molecule has 0 saturated heterocycles. The number of carbonyl (C=O) groups is 1. The minimum Gasteiger partial charge on any atom is -0.456 e. The minimum absolute atomic E-state index is 0.116. The molecule has 0 fully saturated rings. The monoisotopic (exact) mass is 507 g/mol. The van der Waals surface area contributed by atoms with Crippen molar-refractivity contribution in [3.8, 4) is 22.6 Å². The molecular weight excluding hydrogens is 478 g/mol. The van der Waals surface area contributed by atoms with E-state index in [-0.39, 0.29) is 23.4 Å². The number of H-pyrrole nitrogens is 1. The van der Waals surface area contributed by atoms with Crippen LogP contribution >= 0.6 is 0 Å². The number of nitrogens with zero attached hydrogens (tertiary/aromatic N) is 3. The number of hydrogen-bond acceptors (Lipinski definition) is 5. The highest BCUT2D eigenvalue weighted by molar-refractivity contribution is 5.92. The molecule has 0 saturated carbocycles. The van der Waals surface area contributed by atoms with Crippen LogP contribution in [0, 0.1) is 6.92 Å². The molecular formula is C30H29N5O3. The standard InChI is InChI=1S/C30H29N5O3/c1-19-14-20(15-28(36)34-22-17-33-35(18-22)30(2,3)4)7-10-26(19)38-27-11-13-31-25-9-8-21(16-24(25)27)23-6-5-12-32-29(23)37/h5-14,16-18H,15H2,1-4H3,(H,32,37)(H,34,36). The Kier molecular flexibility index (Phi) is 6.55. The number of pyridine rings is 2. The van der Waals surface area contributed by atoms with Crippen LogP contribution in [0.5, 0.6) is 11.5 Å².